The lowest BCUT2D eigenvalue weighted by molar-refractivity contribution is -0.134. The molecule has 0 aliphatic carbocycles. The first-order chi connectivity index (χ1) is 8.16. The fourth-order valence-electron chi connectivity index (χ4n) is 1.08. The summed E-state index contributed by atoms with van der Waals surface area (Å²) in [6.45, 7) is 0.0323. The third-order valence-electron chi connectivity index (χ3n) is 1.93. The molecule has 0 aliphatic heterocycles. The number of halogens is 3. The van der Waals surface area contributed by atoms with Gasteiger partial charge in [-0.25, -0.2) is 13.1 Å². The zero-order valence-electron chi connectivity index (χ0n) is 9.57. The molecule has 0 fully saturated rings. The van der Waals surface area contributed by atoms with Gasteiger partial charge in [0.05, 0.1) is 5.75 Å². The summed E-state index contributed by atoms with van der Waals surface area (Å²) in [7, 11) is -3.70. The summed E-state index contributed by atoms with van der Waals surface area (Å²) in [5, 5.41) is 10.9. The normalized spacial score (nSPS) is 13.8. The van der Waals surface area contributed by atoms with E-state index >= 15 is 0 Å². The van der Waals surface area contributed by atoms with Crippen LogP contribution in [0.3, 0.4) is 0 Å². The predicted octanol–water partition coefficient (Wildman–Crippen LogP) is 0.775. The van der Waals surface area contributed by atoms with Gasteiger partial charge >= 0.3 is 6.18 Å². The average molecular weight is 291 g/mol. The molecule has 0 amide bonds. The van der Waals surface area contributed by atoms with Crippen LogP contribution >= 0.6 is 0 Å². The van der Waals surface area contributed by atoms with E-state index in [4.69, 9.17) is 10.9 Å². The molecule has 0 atom stereocenters. The van der Waals surface area contributed by atoms with Crippen molar-refractivity contribution < 1.29 is 26.8 Å². The third kappa shape index (κ3) is 10.1. The number of sulfonamides is 1. The summed E-state index contributed by atoms with van der Waals surface area (Å²) < 4.78 is 60.0. The van der Waals surface area contributed by atoms with E-state index in [0.29, 0.717) is 6.42 Å². The third-order valence-corrected chi connectivity index (χ3v) is 3.40. The quantitative estimate of drug-likeness (QED) is 0.202. The van der Waals surface area contributed by atoms with Crippen molar-refractivity contribution in [3.63, 3.8) is 0 Å². The lowest BCUT2D eigenvalue weighted by Gasteiger charge is -2.08. The molecule has 0 heterocycles. The summed E-state index contributed by atoms with van der Waals surface area (Å²) >= 11 is 0. The van der Waals surface area contributed by atoms with Gasteiger partial charge in [-0.05, 0) is 12.8 Å². The van der Waals surface area contributed by atoms with Gasteiger partial charge in [-0.3, -0.25) is 0 Å². The number of nitrogens with zero attached hydrogens (tertiary/aromatic N) is 1. The maximum atomic E-state index is 11.8. The fourth-order valence-corrected chi connectivity index (χ4v) is 2.21. The highest BCUT2D eigenvalue weighted by Crippen LogP contribution is 2.21. The van der Waals surface area contributed by atoms with E-state index in [1.54, 1.807) is 0 Å². The molecule has 108 valence electrons. The Labute approximate surface area is 103 Å². The fraction of sp³-hybridized carbons (Fsp3) is 0.875. The summed E-state index contributed by atoms with van der Waals surface area (Å²) in [4.78, 5) is 0. The number of hydrogen-bond acceptors (Lipinski definition) is 4. The van der Waals surface area contributed by atoms with Crippen LogP contribution in [0.5, 0.6) is 0 Å². The summed E-state index contributed by atoms with van der Waals surface area (Å²) in [5.74, 6) is -0.609. The molecule has 0 saturated heterocycles. The molecule has 0 spiro atoms. The zero-order chi connectivity index (χ0) is 14.2. The molecule has 18 heavy (non-hydrogen) atoms. The Balaban J connectivity index is 3.81. The minimum absolute atomic E-state index is 0.0323. The van der Waals surface area contributed by atoms with E-state index in [9.17, 15) is 21.6 Å². The lowest BCUT2D eigenvalue weighted by Crippen LogP contribution is -2.28. The minimum atomic E-state index is -4.35. The van der Waals surface area contributed by atoms with Gasteiger partial charge in [-0.15, -0.1) is 0 Å². The van der Waals surface area contributed by atoms with Crippen molar-refractivity contribution in [1.82, 2.24) is 4.72 Å². The highest BCUT2D eigenvalue weighted by atomic mass is 32.2. The average Bonchev–Trinajstić information content (AvgIpc) is 2.21. The van der Waals surface area contributed by atoms with Crippen molar-refractivity contribution in [3.8, 4) is 0 Å². The number of nitrogens with one attached hydrogen (secondary N) is 1. The zero-order valence-corrected chi connectivity index (χ0v) is 10.4. The SMILES string of the molecule is NC(CCCNS(=O)(=O)CCCC(F)(F)F)=NO. The molecule has 0 saturated carbocycles. The molecule has 0 aliphatic rings. The molecule has 0 unspecified atom stereocenters. The standard InChI is InChI=1S/C8H16F3N3O3S/c9-8(10,11)4-2-6-18(16,17)13-5-1-3-7(12)14-15/h13,15H,1-6H2,(H2,12,14). The van der Waals surface area contributed by atoms with E-state index in [2.05, 4.69) is 9.88 Å². The Morgan fingerprint density at radius 2 is 1.94 bits per heavy atom. The van der Waals surface area contributed by atoms with E-state index < -0.39 is 34.8 Å². The van der Waals surface area contributed by atoms with Crippen LogP contribution < -0.4 is 10.5 Å². The molecular weight excluding hydrogens is 275 g/mol. The number of nitrogens with two attached hydrogens (primary N) is 1. The number of rotatable bonds is 8. The van der Waals surface area contributed by atoms with Crippen LogP contribution in [-0.2, 0) is 10.0 Å². The van der Waals surface area contributed by atoms with Crippen LogP contribution in [0.1, 0.15) is 25.7 Å². The Bertz CT molecular complexity index is 368. The molecule has 0 radical (unpaired) electrons. The van der Waals surface area contributed by atoms with Crippen molar-refractivity contribution in [1.29, 1.82) is 0 Å². The Hall–Kier alpha value is -1.03. The maximum absolute atomic E-state index is 11.8. The van der Waals surface area contributed by atoms with Crippen LogP contribution in [0.25, 0.3) is 0 Å². The molecular formula is C8H16F3N3O3S. The van der Waals surface area contributed by atoms with E-state index in [-0.39, 0.29) is 18.8 Å². The van der Waals surface area contributed by atoms with Gasteiger partial charge in [0, 0.05) is 19.4 Å². The first kappa shape index (κ1) is 17.0. The second-order valence-corrected chi connectivity index (χ2v) is 5.55. The first-order valence-electron chi connectivity index (χ1n) is 5.17. The largest absolute Gasteiger partial charge is 0.409 e. The topological polar surface area (TPSA) is 105 Å². The minimum Gasteiger partial charge on any atom is -0.409 e. The van der Waals surface area contributed by atoms with E-state index in [1.807, 2.05) is 0 Å². The van der Waals surface area contributed by atoms with Crippen LogP contribution in [0.15, 0.2) is 5.16 Å². The molecule has 4 N–H and O–H groups in total. The highest BCUT2D eigenvalue weighted by Gasteiger charge is 2.27. The van der Waals surface area contributed by atoms with Crippen molar-refractivity contribution in [3.05, 3.63) is 0 Å². The van der Waals surface area contributed by atoms with Crippen molar-refractivity contribution in [2.45, 2.75) is 31.9 Å². The smallest absolute Gasteiger partial charge is 0.389 e. The molecule has 0 aromatic heterocycles. The first-order valence-corrected chi connectivity index (χ1v) is 6.82. The van der Waals surface area contributed by atoms with Gasteiger partial charge in [0.1, 0.15) is 5.84 Å². The number of oxime groups is 1. The van der Waals surface area contributed by atoms with Gasteiger partial charge < -0.3 is 10.9 Å². The van der Waals surface area contributed by atoms with E-state index in [0.717, 1.165) is 0 Å². The number of alkyl halides is 3. The van der Waals surface area contributed by atoms with Crippen molar-refractivity contribution in [2.24, 2.45) is 10.9 Å². The van der Waals surface area contributed by atoms with Crippen LogP contribution in [0, 0.1) is 0 Å². The predicted molar refractivity (Wildman–Crippen MR) is 59.7 cm³/mol. The molecule has 10 heteroatoms. The Kier molecular flexibility index (Phi) is 6.99. The van der Waals surface area contributed by atoms with Crippen LogP contribution in [-0.4, -0.2) is 37.9 Å². The molecule has 0 bridgehead atoms. The van der Waals surface area contributed by atoms with Gasteiger partial charge in [-0.2, -0.15) is 13.2 Å². The maximum Gasteiger partial charge on any atom is 0.389 e. The molecule has 0 aromatic carbocycles. The van der Waals surface area contributed by atoms with Gasteiger partial charge in [0.2, 0.25) is 10.0 Å². The van der Waals surface area contributed by atoms with E-state index in [1.165, 1.54) is 0 Å². The second-order valence-electron chi connectivity index (χ2n) is 3.63. The van der Waals surface area contributed by atoms with Gasteiger partial charge in [0.15, 0.2) is 0 Å². The second kappa shape index (κ2) is 7.41. The highest BCUT2D eigenvalue weighted by molar-refractivity contribution is 7.89. The van der Waals surface area contributed by atoms with Gasteiger partial charge in [0.25, 0.3) is 0 Å². The van der Waals surface area contributed by atoms with Crippen LogP contribution in [0.2, 0.25) is 0 Å². The number of hydrogen-bond donors (Lipinski definition) is 3. The van der Waals surface area contributed by atoms with Crippen LogP contribution in [0.4, 0.5) is 13.2 Å². The number of amidine groups is 1. The monoisotopic (exact) mass is 291 g/mol. The van der Waals surface area contributed by atoms with Crippen molar-refractivity contribution in [2.75, 3.05) is 12.3 Å². The Morgan fingerprint density at radius 1 is 1.33 bits per heavy atom. The van der Waals surface area contributed by atoms with Crippen molar-refractivity contribution >= 4 is 15.9 Å². The summed E-state index contributed by atoms with van der Waals surface area (Å²) in [6, 6.07) is 0. The molecule has 0 aromatic rings. The molecule has 6 nitrogen and oxygen atoms in total. The lowest BCUT2D eigenvalue weighted by atomic mass is 10.3. The summed E-state index contributed by atoms with van der Waals surface area (Å²) in [5.41, 5.74) is 5.15. The summed E-state index contributed by atoms with van der Waals surface area (Å²) in [6.07, 6.45) is -5.45. The van der Waals surface area contributed by atoms with Gasteiger partial charge in [-0.1, -0.05) is 5.16 Å². The Morgan fingerprint density at radius 3 is 2.44 bits per heavy atom. The molecule has 0 rings (SSSR count).